The van der Waals surface area contributed by atoms with Crippen LogP contribution in [0.15, 0.2) is 118 Å². The molecule has 2 amide bonds. The molecule has 7 heteroatoms. The molecular weight excluding hydrogens is 560 g/mol. The molecule has 0 aliphatic rings. The van der Waals surface area contributed by atoms with E-state index in [0.717, 1.165) is 20.5 Å². The number of anilines is 1. The number of rotatable bonds is 9. The number of Topliss-reactive ketones (excluding diaryl/α,β-unsaturated/α-hetero) is 1. The summed E-state index contributed by atoms with van der Waals surface area (Å²) in [4.78, 5) is 39.5. The van der Waals surface area contributed by atoms with E-state index in [1.165, 1.54) is 11.8 Å². The van der Waals surface area contributed by atoms with Gasteiger partial charge in [-0.2, -0.15) is 0 Å². The van der Waals surface area contributed by atoms with Gasteiger partial charge in [-0.15, -0.1) is 11.8 Å². The lowest BCUT2D eigenvalue weighted by molar-refractivity contribution is -0.113. The van der Waals surface area contributed by atoms with Crippen molar-refractivity contribution in [3.63, 3.8) is 0 Å². The van der Waals surface area contributed by atoms with E-state index in [1.54, 1.807) is 54.6 Å². The maximum absolute atomic E-state index is 13.3. The van der Waals surface area contributed by atoms with Gasteiger partial charge in [0.2, 0.25) is 0 Å². The molecule has 0 atom stereocenters. The standard InChI is InChI=1S/C31H25BrN2O3S/c1-21-7-5-8-22(17-21)18-28(34-30(36)24-9-3-2-4-10-24)31(37)33-26-11-6-12-27(19-26)38-20-29(35)23-13-15-25(32)16-14-23/h2-19H,20H2,1H3,(H,33,37)(H,34,36)/b28-18-. The fourth-order valence-electron chi connectivity index (χ4n) is 3.60. The van der Waals surface area contributed by atoms with Crippen molar-refractivity contribution < 1.29 is 14.4 Å². The van der Waals surface area contributed by atoms with Gasteiger partial charge in [0.25, 0.3) is 11.8 Å². The molecule has 4 rings (SSSR count). The van der Waals surface area contributed by atoms with Crippen molar-refractivity contribution in [2.45, 2.75) is 11.8 Å². The van der Waals surface area contributed by atoms with Crippen LogP contribution in [0.2, 0.25) is 0 Å². The fraction of sp³-hybridized carbons (Fsp3) is 0.0645. The zero-order chi connectivity index (χ0) is 26.9. The van der Waals surface area contributed by atoms with Gasteiger partial charge in [0.05, 0.1) is 5.75 Å². The largest absolute Gasteiger partial charge is 0.321 e. The zero-order valence-corrected chi connectivity index (χ0v) is 23.0. The smallest absolute Gasteiger partial charge is 0.272 e. The summed E-state index contributed by atoms with van der Waals surface area (Å²) in [6, 6.07) is 30.9. The number of hydrogen-bond acceptors (Lipinski definition) is 4. The summed E-state index contributed by atoms with van der Waals surface area (Å²) in [5.74, 6) is -0.548. The van der Waals surface area contributed by atoms with Crippen LogP contribution < -0.4 is 10.6 Å². The molecule has 38 heavy (non-hydrogen) atoms. The molecule has 0 spiro atoms. The number of carbonyl (C=O) groups excluding carboxylic acids is 3. The van der Waals surface area contributed by atoms with Gasteiger partial charge in [0.1, 0.15) is 5.70 Å². The van der Waals surface area contributed by atoms with Gasteiger partial charge in [0.15, 0.2) is 5.78 Å². The van der Waals surface area contributed by atoms with Gasteiger partial charge in [-0.1, -0.05) is 82.2 Å². The predicted molar refractivity (Wildman–Crippen MR) is 157 cm³/mol. The lowest BCUT2D eigenvalue weighted by Gasteiger charge is -2.12. The fourth-order valence-corrected chi connectivity index (χ4v) is 4.71. The van der Waals surface area contributed by atoms with Crippen molar-refractivity contribution in [3.05, 3.63) is 136 Å². The Morgan fingerprint density at radius 2 is 1.55 bits per heavy atom. The van der Waals surface area contributed by atoms with Crippen LogP contribution in [0.25, 0.3) is 6.08 Å². The first-order valence-electron chi connectivity index (χ1n) is 11.8. The minimum atomic E-state index is -0.455. The molecule has 0 aromatic heterocycles. The quantitative estimate of drug-likeness (QED) is 0.124. The van der Waals surface area contributed by atoms with Crippen LogP contribution in [0.5, 0.6) is 0 Å². The molecule has 0 unspecified atom stereocenters. The van der Waals surface area contributed by atoms with Gasteiger partial charge in [0, 0.05) is 26.2 Å². The molecule has 4 aromatic rings. The summed E-state index contributed by atoms with van der Waals surface area (Å²) < 4.78 is 0.918. The SMILES string of the molecule is Cc1cccc(/C=C(\NC(=O)c2ccccc2)C(=O)Nc2cccc(SCC(=O)c3ccc(Br)cc3)c2)c1. The summed E-state index contributed by atoms with van der Waals surface area (Å²) in [7, 11) is 0. The monoisotopic (exact) mass is 584 g/mol. The second-order valence-electron chi connectivity index (χ2n) is 8.49. The van der Waals surface area contributed by atoms with Crippen molar-refractivity contribution in [3.8, 4) is 0 Å². The number of nitrogens with one attached hydrogen (secondary N) is 2. The molecule has 0 aliphatic heterocycles. The van der Waals surface area contributed by atoms with E-state index in [4.69, 9.17) is 0 Å². The number of hydrogen-bond donors (Lipinski definition) is 2. The van der Waals surface area contributed by atoms with Crippen LogP contribution in [-0.2, 0) is 4.79 Å². The molecule has 190 valence electrons. The van der Waals surface area contributed by atoms with Crippen LogP contribution in [0.3, 0.4) is 0 Å². The minimum Gasteiger partial charge on any atom is -0.321 e. The highest BCUT2D eigenvalue weighted by molar-refractivity contribution is 9.10. The van der Waals surface area contributed by atoms with Crippen molar-refractivity contribution in [1.29, 1.82) is 0 Å². The van der Waals surface area contributed by atoms with Crippen LogP contribution >= 0.6 is 27.7 Å². The normalized spacial score (nSPS) is 11.1. The Hall–Kier alpha value is -3.94. The average Bonchev–Trinajstić information content (AvgIpc) is 2.92. The third-order valence-electron chi connectivity index (χ3n) is 5.51. The number of halogens is 1. The van der Waals surface area contributed by atoms with E-state index in [2.05, 4.69) is 26.6 Å². The number of aryl methyl sites for hydroxylation is 1. The number of ketones is 1. The number of amides is 2. The predicted octanol–water partition coefficient (Wildman–Crippen LogP) is 7.14. The lowest BCUT2D eigenvalue weighted by Crippen LogP contribution is -2.30. The van der Waals surface area contributed by atoms with E-state index in [-0.39, 0.29) is 23.1 Å². The third-order valence-corrected chi connectivity index (χ3v) is 7.03. The second kappa shape index (κ2) is 13.0. The molecule has 0 aliphatic carbocycles. The molecular formula is C31H25BrN2O3S. The summed E-state index contributed by atoms with van der Waals surface area (Å²) in [6.07, 6.45) is 1.65. The number of thioether (sulfide) groups is 1. The zero-order valence-electron chi connectivity index (χ0n) is 20.6. The highest BCUT2D eigenvalue weighted by Gasteiger charge is 2.15. The Morgan fingerprint density at radius 3 is 2.29 bits per heavy atom. The van der Waals surface area contributed by atoms with Gasteiger partial charge in [-0.25, -0.2) is 0 Å². The highest BCUT2D eigenvalue weighted by Crippen LogP contribution is 2.23. The minimum absolute atomic E-state index is 0.0175. The molecule has 0 bridgehead atoms. The van der Waals surface area contributed by atoms with Crippen LogP contribution in [-0.4, -0.2) is 23.4 Å². The Bertz CT molecular complexity index is 1480. The summed E-state index contributed by atoms with van der Waals surface area (Å²) in [5.41, 5.74) is 3.59. The number of carbonyl (C=O) groups is 3. The second-order valence-corrected chi connectivity index (χ2v) is 10.5. The third kappa shape index (κ3) is 7.78. The molecule has 0 fully saturated rings. The van der Waals surface area contributed by atoms with Crippen LogP contribution in [0, 0.1) is 6.92 Å². The van der Waals surface area contributed by atoms with Crippen molar-refractivity contribution in [2.24, 2.45) is 0 Å². The topological polar surface area (TPSA) is 75.3 Å². The van der Waals surface area contributed by atoms with E-state index >= 15 is 0 Å². The van der Waals surface area contributed by atoms with E-state index in [1.807, 2.05) is 61.5 Å². The highest BCUT2D eigenvalue weighted by atomic mass is 79.9. The lowest BCUT2D eigenvalue weighted by atomic mass is 10.1. The molecule has 2 N–H and O–H groups in total. The van der Waals surface area contributed by atoms with Gasteiger partial charge < -0.3 is 10.6 Å². The Morgan fingerprint density at radius 1 is 0.816 bits per heavy atom. The van der Waals surface area contributed by atoms with Crippen molar-refractivity contribution >= 4 is 57.1 Å². The Balaban J connectivity index is 1.49. The molecule has 5 nitrogen and oxygen atoms in total. The summed E-state index contributed by atoms with van der Waals surface area (Å²) >= 11 is 4.77. The van der Waals surface area contributed by atoms with Crippen LogP contribution in [0.4, 0.5) is 5.69 Å². The molecule has 0 saturated carbocycles. The van der Waals surface area contributed by atoms with Gasteiger partial charge >= 0.3 is 0 Å². The van der Waals surface area contributed by atoms with E-state index in [0.29, 0.717) is 16.8 Å². The maximum atomic E-state index is 13.3. The van der Waals surface area contributed by atoms with Gasteiger partial charge in [-0.3, -0.25) is 14.4 Å². The van der Waals surface area contributed by atoms with Crippen molar-refractivity contribution in [1.82, 2.24) is 5.32 Å². The number of benzene rings is 4. The molecule has 0 radical (unpaired) electrons. The van der Waals surface area contributed by atoms with E-state index in [9.17, 15) is 14.4 Å². The Labute approximate surface area is 234 Å². The first-order valence-corrected chi connectivity index (χ1v) is 13.6. The molecule has 0 saturated heterocycles. The van der Waals surface area contributed by atoms with E-state index < -0.39 is 5.91 Å². The summed E-state index contributed by atoms with van der Waals surface area (Å²) in [5, 5.41) is 5.63. The first-order chi connectivity index (χ1) is 18.4. The summed E-state index contributed by atoms with van der Waals surface area (Å²) in [6.45, 7) is 1.96. The average molecular weight is 586 g/mol. The maximum Gasteiger partial charge on any atom is 0.272 e. The molecule has 4 aromatic carbocycles. The van der Waals surface area contributed by atoms with Crippen LogP contribution in [0.1, 0.15) is 31.8 Å². The first kappa shape index (κ1) is 27.1. The van der Waals surface area contributed by atoms with Gasteiger partial charge in [-0.05, 0) is 61.0 Å². The Kier molecular flexibility index (Phi) is 9.30. The van der Waals surface area contributed by atoms with Crippen molar-refractivity contribution in [2.75, 3.05) is 11.1 Å². The molecule has 0 heterocycles.